The second kappa shape index (κ2) is 3.00. The highest BCUT2D eigenvalue weighted by Gasteiger charge is 2.07. The van der Waals surface area contributed by atoms with Crippen molar-refractivity contribution in [1.82, 2.24) is 4.98 Å². The summed E-state index contributed by atoms with van der Waals surface area (Å²) in [4.78, 5) is 3.56. The Morgan fingerprint density at radius 2 is 2.25 bits per heavy atom. The van der Waals surface area contributed by atoms with E-state index in [-0.39, 0.29) is 5.03 Å². The Labute approximate surface area is 70.7 Å². The number of hydrogen-bond acceptors (Lipinski definition) is 3. The van der Waals surface area contributed by atoms with Crippen molar-refractivity contribution < 1.29 is 8.42 Å². The fraction of sp³-hybridized carbons (Fsp3) is 0. The normalized spacial score (nSPS) is 11.1. The number of hydrogen-bond donors (Lipinski definition) is 1. The molecule has 6 heteroatoms. The average Bonchev–Trinajstić information content (AvgIpc) is 2.03. The first-order chi connectivity index (χ1) is 5.54. The van der Waals surface area contributed by atoms with Crippen LogP contribution in [-0.4, -0.2) is 13.4 Å². The van der Waals surface area contributed by atoms with Crippen LogP contribution in [0.4, 0.5) is 5.69 Å². The van der Waals surface area contributed by atoms with Crippen LogP contribution in [0.25, 0.3) is 5.32 Å². The largest absolute Gasteiger partial charge is 0.491 e. The lowest BCUT2D eigenvalue weighted by atomic mass is 10.4. The van der Waals surface area contributed by atoms with E-state index in [0.29, 0.717) is 5.69 Å². The minimum Gasteiger partial charge on any atom is -0.491 e. The molecule has 0 amide bonds. The van der Waals surface area contributed by atoms with Gasteiger partial charge in [0.05, 0.1) is 0 Å². The van der Waals surface area contributed by atoms with Crippen molar-refractivity contribution in [3.63, 3.8) is 0 Å². The van der Waals surface area contributed by atoms with Gasteiger partial charge >= 0.3 is 0 Å². The number of nitrogens with zero attached hydrogens (tertiary/aromatic N) is 2. The van der Waals surface area contributed by atoms with Gasteiger partial charge in [-0.25, -0.2) is 18.5 Å². The van der Waals surface area contributed by atoms with Crippen molar-refractivity contribution in [1.29, 1.82) is 0 Å². The lowest BCUT2D eigenvalue weighted by molar-refractivity contribution is 0.594. The molecule has 5 nitrogen and oxygen atoms in total. The van der Waals surface area contributed by atoms with Crippen LogP contribution in [-0.2, 0) is 10.0 Å². The number of sulfonamides is 1. The Morgan fingerprint density at radius 1 is 1.58 bits per heavy atom. The molecule has 0 radical (unpaired) electrons. The van der Waals surface area contributed by atoms with Crippen LogP contribution in [0.1, 0.15) is 0 Å². The van der Waals surface area contributed by atoms with Gasteiger partial charge in [-0.2, -0.15) is 0 Å². The molecule has 0 fully saturated rings. The molecule has 0 unspecified atom stereocenters. The van der Waals surface area contributed by atoms with Gasteiger partial charge in [0, 0.05) is 13.2 Å². The molecule has 0 spiro atoms. The summed E-state index contributed by atoms with van der Waals surface area (Å²) in [5.41, 5.74) is 0.425. The molecule has 1 aromatic heterocycles. The number of nitrogens with two attached hydrogens (primary N) is 1. The molecule has 12 heavy (non-hydrogen) atoms. The summed E-state index contributed by atoms with van der Waals surface area (Å²) in [6.45, 7) is 0. The molecule has 1 rings (SSSR count). The third kappa shape index (κ3) is 1.86. The molecule has 0 aliphatic carbocycles. The molecule has 0 saturated heterocycles. The van der Waals surface area contributed by atoms with E-state index in [1.165, 1.54) is 18.3 Å². The molecule has 1 aromatic rings. The molecule has 0 saturated carbocycles. The summed E-state index contributed by atoms with van der Waals surface area (Å²) in [6, 6.07) is 2.78. The van der Waals surface area contributed by atoms with Gasteiger partial charge < -0.3 is 5.32 Å². The zero-order valence-corrected chi connectivity index (χ0v) is 6.95. The highest BCUT2D eigenvalue weighted by atomic mass is 32.2. The van der Waals surface area contributed by atoms with Gasteiger partial charge in [0.25, 0.3) is 10.0 Å². The molecule has 0 aromatic carbocycles. The average molecular weight is 185 g/mol. The van der Waals surface area contributed by atoms with Gasteiger partial charge in [-0.15, -0.1) is 0 Å². The van der Waals surface area contributed by atoms with Crippen molar-refractivity contribution in [3.05, 3.63) is 30.7 Å². The van der Waals surface area contributed by atoms with E-state index in [1.807, 2.05) is 0 Å². The maximum absolute atomic E-state index is 10.8. The van der Waals surface area contributed by atoms with Crippen LogP contribution in [0.3, 0.4) is 0 Å². The van der Waals surface area contributed by atoms with Crippen LogP contribution >= 0.6 is 0 Å². The first kappa shape index (κ1) is 8.82. The number of pyridine rings is 1. The summed E-state index contributed by atoms with van der Waals surface area (Å²) >= 11 is 0. The van der Waals surface area contributed by atoms with E-state index in [1.54, 1.807) is 0 Å². The van der Waals surface area contributed by atoms with Gasteiger partial charge in [-0.05, 0) is 6.07 Å². The maximum Gasteiger partial charge on any atom is 0.255 e. The SMILES string of the molecule is [CH2+][N-]c1ccnc(S(N)(=O)=O)c1. The summed E-state index contributed by atoms with van der Waals surface area (Å²) in [5.74, 6) is 0. The van der Waals surface area contributed by atoms with Crippen molar-refractivity contribution in [2.45, 2.75) is 5.03 Å². The molecule has 64 valence electrons. The van der Waals surface area contributed by atoms with Crippen LogP contribution in [0, 0.1) is 7.05 Å². The molecule has 0 aliphatic heterocycles. The Hall–Kier alpha value is -1.27. The Bertz CT molecular complexity index is 374. The fourth-order valence-corrected chi connectivity index (χ4v) is 1.15. The molecular weight excluding hydrogens is 178 g/mol. The van der Waals surface area contributed by atoms with Gasteiger partial charge in [0.1, 0.15) is 0 Å². The first-order valence-corrected chi connectivity index (χ1v) is 4.54. The first-order valence-electron chi connectivity index (χ1n) is 2.99. The Morgan fingerprint density at radius 3 is 2.75 bits per heavy atom. The van der Waals surface area contributed by atoms with Crippen molar-refractivity contribution in [3.8, 4) is 0 Å². The smallest absolute Gasteiger partial charge is 0.255 e. The fourth-order valence-electron chi connectivity index (χ4n) is 0.653. The van der Waals surface area contributed by atoms with Gasteiger partial charge in [-0.1, -0.05) is 11.8 Å². The van der Waals surface area contributed by atoms with Crippen molar-refractivity contribution in [2.75, 3.05) is 0 Å². The van der Waals surface area contributed by atoms with E-state index < -0.39 is 10.0 Å². The second-order valence-corrected chi connectivity index (χ2v) is 3.56. The second-order valence-electron chi connectivity index (χ2n) is 2.06. The van der Waals surface area contributed by atoms with Crippen LogP contribution in [0.2, 0.25) is 0 Å². The number of aromatic nitrogens is 1. The number of rotatable bonds is 2. The predicted octanol–water partition coefficient (Wildman–Crippen LogP) is 0.526. The molecule has 2 N–H and O–H groups in total. The highest BCUT2D eigenvalue weighted by Crippen LogP contribution is 2.17. The van der Waals surface area contributed by atoms with E-state index >= 15 is 0 Å². The molecule has 1 heterocycles. The monoisotopic (exact) mass is 185 g/mol. The third-order valence-corrected chi connectivity index (χ3v) is 2.00. The van der Waals surface area contributed by atoms with E-state index in [4.69, 9.17) is 5.14 Å². The quantitative estimate of drug-likeness (QED) is 0.681. The lowest BCUT2D eigenvalue weighted by Gasteiger charge is -2.05. The zero-order chi connectivity index (χ0) is 9.19. The van der Waals surface area contributed by atoms with Gasteiger partial charge in [0.2, 0.25) is 0 Å². The standard InChI is InChI=1S/C6H7N3O2S/c1-8-5-2-3-9-6(4-5)12(7,10)11/h2-4H,1H2,(H2-,7,8,9,10,11). The molecule has 0 aliphatic rings. The summed E-state index contributed by atoms with van der Waals surface area (Å²) in [6.07, 6.45) is 1.31. The predicted molar refractivity (Wildman–Crippen MR) is 44.0 cm³/mol. The Kier molecular flexibility index (Phi) is 2.20. The summed E-state index contributed by atoms with van der Waals surface area (Å²) in [7, 11) is -0.494. The molecule has 0 atom stereocenters. The molecule has 0 bridgehead atoms. The third-order valence-electron chi connectivity index (χ3n) is 1.19. The highest BCUT2D eigenvalue weighted by molar-refractivity contribution is 7.89. The lowest BCUT2D eigenvalue weighted by Crippen LogP contribution is -2.13. The van der Waals surface area contributed by atoms with E-state index in [9.17, 15) is 8.42 Å². The topological polar surface area (TPSA) is 87.2 Å². The summed E-state index contributed by atoms with van der Waals surface area (Å²) in [5, 5.41) is 8.16. The number of primary sulfonamides is 1. The van der Waals surface area contributed by atoms with Crippen LogP contribution in [0.15, 0.2) is 23.4 Å². The zero-order valence-electron chi connectivity index (χ0n) is 6.14. The minimum absolute atomic E-state index is 0.201. The summed E-state index contributed by atoms with van der Waals surface area (Å²) < 4.78 is 21.5. The van der Waals surface area contributed by atoms with Crippen molar-refractivity contribution in [2.24, 2.45) is 5.14 Å². The molecular formula is C6H7N3O2S. The van der Waals surface area contributed by atoms with E-state index in [2.05, 4.69) is 17.3 Å². The van der Waals surface area contributed by atoms with E-state index in [0.717, 1.165) is 0 Å². The van der Waals surface area contributed by atoms with Gasteiger partial charge in [-0.3, -0.25) is 0 Å². The minimum atomic E-state index is -3.73. The van der Waals surface area contributed by atoms with Crippen LogP contribution in [0.5, 0.6) is 0 Å². The van der Waals surface area contributed by atoms with Crippen molar-refractivity contribution >= 4 is 15.7 Å². The van der Waals surface area contributed by atoms with Crippen LogP contribution < -0.4 is 5.14 Å². The maximum atomic E-state index is 10.8. The van der Waals surface area contributed by atoms with Gasteiger partial charge in [0.15, 0.2) is 5.03 Å². The Balaban J connectivity index is 3.20.